The second-order valence-corrected chi connectivity index (χ2v) is 7.78. The standard InChI is InChI=1S/C15H22N8S/c1-4-22-7-5-10-11(9-22)24-14-12(10)13(16-6-8-21(2)3)17-15-18-19-20-23(14)15/h4-9H2,1-3H3,(H,16,17,18,20)/p+2. The lowest BCUT2D eigenvalue weighted by Crippen LogP contribution is -3.11. The minimum Gasteiger partial charge on any atom is -0.364 e. The van der Waals surface area contributed by atoms with Gasteiger partial charge in [-0.2, -0.15) is 9.50 Å². The maximum absolute atomic E-state index is 4.69. The van der Waals surface area contributed by atoms with E-state index in [4.69, 9.17) is 0 Å². The highest BCUT2D eigenvalue weighted by molar-refractivity contribution is 7.19. The quantitative estimate of drug-likeness (QED) is 0.510. The van der Waals surface area contributed by atoms with Crippen molar-refractivity contribution in [3.63, 3.8) is 0 Å². The van der Waals surface area contributed by atoms with Gasteiger partial charge in [-0.05, 0) is 22.9 Å². The second kappa shape index (κ2) is 6.23. The molecule has 0 bridgehead atoms. The molecule has 1 atom stereocenters. The van der Waals surface area contributed by atoms with Crippen LogP contribution in [0.3, 0.4) is 0 Å². The molecule has 0 aliphatic carbocycles. The van der Waals surface area contributed by atoms with Crippen LogP contribution < -0.4 is 15.1 Å². The molecule has 8 nitrogen and oxygen atoms in total. The van der Waals surface area contributed by atoms with E-state index in [-0.39, 0.29) is 0 Å². The highest BCUT2D eigenvalue weighted by atomic mass is 32.1. The zero-order valence-corrected chi connectivity index (χ0v) is 15.2. The molecule has 0 amide bonds. The van der Waals surface area contributed by atoms with Crippen molar-refractivity contribution in [3.05, 3.63) is 10.4 Å². The molecule has 0 aromatic carbocycles. The molecule has 1 aliphatic heterocycles. The van der Waals surface area contributed by atoms with Crippen LogP contribution in [-0.4, -0.2) is 65.3 Å². The highest BCUT2D eigenvalue weighted by Crippen LogP contribution is 2.36. The molecule has 1 aliphatic rings. The molecule has 0 spiro atoms. The first-order valence-corrected chi connectivity index (χ1v) is 9.37. The molecule has 0 saturated carbocycles. The minimum absolute atomic E-state index is 0.570. The van der Waals surface area contributed by atoms with Gasteiger partial charge >= 0.3 is 0 Å². The number of anilines is 1. The lowest BCUT2D eigenvalue weighted by molar-refractivity contribution is -0.913. The van der Waals surface area contributed by atoms with E-state index in [1.807, 2.05) is 11.3 Å². The number of rotatable bonds is 5. The summed E-state index contributed by atoms with van der Waals surface area (Å²) in [5, 5.41) is 16.8. The Hall–Kier alpha value is -1.84. The topological polar surface area (TPSA) is 76.9 Å². The van der Waals surface area contributed by atoms with E-state index in [0.717, 1.165) is 36.7 Å². The molecule has 3 aromatic rings. The summed E-state index contributed by atoms with van der Waals surface area (Å²) in [7, 11) is 4.32. The molecule has 1 unspecified atom stereocenters. The Morgan fingerprint density at radius 3 is 3.04 bits per heavy atom. The number of hydrogen-bond acceptors (Lipinski definition) is 6. The van der Waals surface area contributed by atoms with Crippen molar-refractivity contribution < 1.29 is 9.80 Å². The Morgan fingerprint density at radius 1 is 1.38 bits per heavy atom. The van der Waals surface area contributed by atoms with E-state index >= 15 is 0 Å². The molecule has 24 heavy (non-hydrogen) atoms. The number of hydrogen-bond donors (Lipinski definition) is 3. The molecule has 0 fully saturated rings. The minimum atomic E-state index is 0.570. The van der Waals surface area contributed by atoms with Crippen molar-refractivity contribution in [2.75, 3.05) is 45.6 Å². The molecular formula is C15H24N8S+2. The van der Waals surface area contributed by atoms with Crippen LogP contribution in [0.25, 0.3) is 16.0 Å². The van der Waals surface area contributed by atoms with Crippen molar-refractivity contribution >= 4 is 33.1 Å². The summed E-state index contributed by atoms with van der Waals surface area (Å²) in [5.41, 5.74) is 1.44. The van der Waals surface area contributed by atoms with Gasteiger partial charge in [-0.25, -0.2) is 0 Å². The lowest BCUT2D eigenvalue weighted by atomic mass is 10.1. The SMILES string of the molecule is CC[NH+]1CCc2c(sc3c2c(NCC[NH+](C)C)nc2nnnn23)C1. The molecule has 4 heterocycles. The lowest BCUT2D eigenvalue weighted by Gasteiger charge is -2.22. The van der Waals surface area contributed by atoms with Gasteiger partial charge in [0.15, 0.2) is 0 Å². The van der Waals surface area contributed by atoms with Crippen molar-refractivity contribution in [1.82, 2.24) is 25.0 Å². The van der Waals surface area contributed by atoms with E-state index < -0.39 is 0 Å². The first-order valence-electron chi connectivity index (χ1n) is 8.56. The number of quaternary nitrogens is 2. The third-order valence-corrected chi connectivity index (χ3v) is 5.93. The van der Waals surface area contributed by atoms with Crippen molar-refractivity contribution in [3.8, 4) is 0 Å². The van der Waals surface area contributed by atoms with Gasteiger partial charge in [0.05, 0.1) is 50.5 Å². The summed E-state index contributed by atoms with van der Waals surface area (Å²) >= 11 is 1.82. The molecule has 3 aromatic heterocycles. The van der Waals surface area contributed by atoms with Crippen LogP contribution in [0.2, 0.25) is 0 Å². The number of likely N-dealkylation sites (N-methyl/N-ethyl adjacent to an activating group) is 2. The van der Waals surface area contributed by atoms with Gasteiger partial charge in [0.1, 0.15) is 17.2 Å². The van der Waals surface area contributed by atoms with Crippen LogP contribution in [0.4, 0.5) is 5.82 Å². The van der Waals surface area contributed by atoms with Gasteiger partial charge in [0.2, 0.25) is 0 Å². The molecule has 128 valence electrons. The van der Waals surface area contributed by atoms with Gasteiger partial charge in [-0.1, -0.05) is 5.10 Å². The van der Waals surface area contributed by atoms with Gasteiger partial charge < -0.3 is 15.1 Å². The van der Waals surface area contributed by atoms with Crippen LogP contribution in [-0.2, 0) is 13.0 Å². The van der Waals surface area contributed by atoms with E-state index in [1.165, 1.54) is 33.8 Å². The molecule has 9 heteroatoms. The Kier molecular flexibility index (Phi) is 4.07. The third-order valence-electron chi connectivity index (χ3n) is 4.72. The normalized spacial score (nSPS) is 17.8. The molecular weight excluding hydrogens is 324 g/mol. The molecule has 0 radical (unpaired) electrons. The third kappa shape index (κ3) is 2.62. The summed E-state index contributed by atoms with van der Waals surface area (Å²) in [4.78, 5) is 10.3. The smallest absolute Gasteiger partial charge is 0.276 e. The first kappa shape index (κ1) is 15.7. The Bertz CT molecular complexity index is 867. The van der Waals surface area contributed by atoms with Crippen LogP contribution in [0, 0.1) is 0 Å². The molecule has 0 saturated heterocycles. The summed E-state index contributed by atoms with van der Waals surface area (Å²) < 4.78 is 1.78. The number of nitrogens with one attached hydrogen (secondary N) is 3. The monoisotopic (exact) mass is 348 g/mol. The van der Waals surface area contributed by atoms with Gasteiger partial charge in [-0.3, -0.25) is 0 Å². The van der Waals surface area contributed by atoms with E-state index in [9.17, 15) is 0 Å². The first-order chi connectivity index (χ1) is 11.7. The predicted octanol–water partition coefficient (Wildman–Crippen LogP) is -1.75. The zero-order chi connectivity index (χ0) is 16.7. The summed E-state index contributed by atoms with van der Waals surface area (Å²) in [6, 6.07) is 0. The van der Waals surface area contributed by atoms with Gasteiger partial charge in [0.25, 0.3) is 5.78 Å². The second-order valence-electron chi connectivity index (χ2n) is 6.70. The average Bonchev–Trinajstić information content (AvgIpc) is 3.17. The number of tetrazole rings is 1. The predicted molar refractivity (Wildman–Crippen MR) is 93.9 cm³/mol. The highest BCUT2D eigenvalue weighted by Gasteiger charge is 2.27. The van der Waals surface area contributed by atoms with Gasteiger partial charge in [0, 0.05) is 6.42 Å². The average molecular weight is 348 g/mol. The van der Waals surface area contributed by atoms with Crippen LogP contribution in [0.1, 0.15) is 17.4 Å². The Labute approximate surface area is 144 Å². The number of thiophene rings is 1. The van der Waals surface area contributed by atoms with Crippen LogP contribution in [0.15, 0.2) is 0 Å². The zero-order valence-electron chi connectivity index (χ0n) is 14.4. The molecule has 3 N–H and O–H groups in total. The number of aromatic nitrogens is 5. The van der Waals surface area contributed by atoms with Crippen molar-refractivity contribution in [1.29, 1.82) is 0 Å². The van der Waals surface area contributed by atoms with E-state index in [1.54, 1.807) is 9.42 Å². The fraction of sp³-hybridized carbons (Fsp3) is 0.600. The summed E-state index contributed by atoms with van der Waals surface area (Å²) in [6.07, 6.45) is 1.10. The van der Waals surface area contributed by atoms with Gasteiger partial charge in [-0.15, -0.1) is 11.3 Å². The van der Waals surface area contributed by atoms with Crippen LogP contribution >= 0.6 is 11.3 Å². The van der Waals surface area contributed by atoms with E-state index in [2.05, 4.69) is 46.8 Å². The summed E-state index contributed by atoms with van der Waals surface area (Å²) in [5.74, 6) is 1.51. The largest absolute Gasteiger partial charge is 0.364 e. The fourth-order valence-electron chi connectivity index (χ4n) is 3.32. The van der Waals surface area contributed by atoms with Crippen molar-refractivity contribution in [2.45, 2.75) is 19.9 Å². The maximum Gasteiger partial charge on any atom is 0.276 e. The maximum atomic E-state index is 4.69. The molecule has 4 rings (SSSR count). The fourth-order valence-corrected chi connectivity index (χ4v) is 4.68. The summed E-state index contributed by atoms with van der Waals surface area (Å²) in [6.45, 7) is 7.63. The number of fused-ring (bicyclic) bond motifs is 5. The Morgan fingerprint density at radius 2 is 2.25 bits per heavy atom. The Balaban J connectivity index is 1.82. The number of nitrogens with zero attached hydrogens (tertiary/aromatic N) is 5. The van der Waals surface area contributed by atoms with Crippen molar-refractivity contribution in [2.24, 2.45) is 0 Å². The van der Waals surface area contributed by atoms with Crippen LogP contribution in [0.5, 0.6) is 0 Å². The van der Waals surface area contributed by atoms with E-state index in [0.29, 0.717) is 5.78 Å².